The average Bonchev–Trinajstić information content (AvgIpc) is 3.23. The molecule has 1 aromatic heterocycles. The molecule has 0 spiro atoms. The first-order chi connectivity index (χ1) is 14.0. The van der Waals surface area contributed by atoms with Crippen molar-refractivity contribution in [1.82, 2.24) is 9.46 Å². The molecule has 0 amide bonds. The monoisotopic (exact) mass is 415 g/mol. The van der Waals surface area contributed by atoms with Crippen molar-refractivity contribution < 1.29 is 22.1 Å². The van der Waals surface area contributed by atoms with E-state index >= 15 is 0 Å². The van der Waals surface area contributed by atoms with Crippen LogP contribution < -0.4 is 9.64 Å². The summed E-state index contributed by atoms with van der Waals surface area (Å²) in [5.41, 5.74) is 1.86. The number of piperazine rings is 1. The van der Waals surface area contributed by atoms with E-state index in [2.05, 4.69) is 5.16 Å². The lowest BCUT2D eigenvalue weighted by Crippen LogP contribution is -2.48. The maximum Gasteiger partial charge on any atom is 0.243 e. The molecule has 1 saturated heterocycles. The van der Waals surface area contributed by atoms with Crippen molar-refractivity contribution in [3.8, 4) is 17.1 Å². The third-order valence-electron chi connectivity index (χ3n) is 5.29. The Morgan fingerprint density at radius 3 is 2.62 bits per heavy atom. The number of halogens is 1. The Morgan fingerprint density at radius 1 is 1.03 bits per heavy atom. The van der Waals surface area contributed by atoms with E-state index < -0.39 is 10.0 Å². The van der Waals surface area contributed by atoms with Gasteiger partial charge in [0.15, 0.2) is 5.76 Å². The lowest BCUT2D eigenvalue weighted by Gasteiger charge is -2.35. The number of fused-ring (bicyclic) bond motifs is 3. The quantitative estimate of drug-likeness (QED) is 0.655. The molecular weight excluding hydrogens is 397 g/mol. The van der Waals surface area contributed by atoms with Gasteiger partial charge in [0.1, 0.15) is 18.2 Å². The zero-order valence-corrected chi connectivity index (χ0v) is 16.2. The molecule has 9 heteroatoms. The van der Waals surface area contributed by atoms with Crippen LogP contribution in [0.15, 0.2) is 58.1 Å². The Hall–Kier alpha value is -2.91. The van der Waals surface area contributed by atoms with Crippen LogP contribution in [0.2, 0.25) is 0 Å². The number of benzene rings is 2. The molecule has 1 fully saturated rings. The molecule has 2 aromatic carbocycles. The lowest BCUT2D eigenvalue weighted by atomic mass is 10.1. The summed E-state index contributed by atoms with van der Waals surface area (Å²) >= 11 is 0. The number of hydrogen-bond donors (Lipinski definition) is 0. The number of ether oxygens (including phenoxy) is 1. The predicted octanol–water partition coefficient (Wildman–Crippen LogP) is 2.88. The fourth-order valence-electron chi connectivity index (χ4n) is 3.74. The van der Waals surface area contributed by atoms with Gasteiger partial charge in [0, 0.05) is 26.2 Å². The normalized spacial score (nSPS) is 16.8. The van der Waals surface area contributed by atoms with E-state index in [1.54, 1.807) is 42.6 Å². The average molecular weight is 415 g/mol. The molecule has 150 valence electrons. The Kier molecular flexibility index (Phi) is 4.29. The molecule has 0 aliphatic carbocycles. The molecular formula is C20H18FN3O4S. The molecule has 0 N–H and O–H groups in total. The summed E-state index contributed by atoms with van der Waals surface area (Å²) in [6.45, 7) is 1.73. The molecule has 0 saturated carbocycles. The third kappa shape index (κ3) is 3.06. The predicted molar refractivity (Wildman–Crippen MR) is 104 cm³/mol. The van der Waals surface area contributed by atoms with Crippen LogP contribution >= 0.6 is 0 Å². The van der Waals surface area contributed by atoms with Gasteiger partial charge in [-0.2, -0.15) is 4.31 Å². The molecule has 2 aliphatic heterocycles. The summed E-state index contributed by atoms with van der Waals surface area (Å²) < 4.78 is 52.7. The second-order valence-electron chi connectivity index (χ2n) is 6.97. The molecule has 2 aliphatic rings. The first-order valence-electron chi connectivity index (χ1n) is 9.24. The van der Waals surface area contributed by atoms with Crippen LogP contribution in [0.4, 0.5) is 10.1 Å². The van der Waals surface area contributed by atoms with Crippen molar-refractivity contribution in [3.05, 3.63) is 60.0 Å². The molecule has 3 aromatic rings. The van der Waals surface area contributed by atoms with Crippen molar-refractivity contribution in [2.45, 2.75) is 11.5 Å². The van der Waals surface area contributed by atoms with Gasteiger partial charge in [-0.25, -0.2) is 12.8 Å². The summed E-state index contributed by atoms with van der Waals surface area (Å²) in [6.07, 6.45) is 1.57. The number of sulfonamides is 1. The van der Waals surface area contributed by atoms with Crippen LogP contribution in [0.25, 0.3) is 11.3 Å². The third-order valence-corrected chi connectivity index (χ3v) is 7.19. The second-order valence-corrected chi connectivity index (χ2v) is 8.91. The Balaban J connectivity index is 1.39. The van der Waals surface area contributed by atoms with Crippen LogP contribution in [-0.2, 0) is 16.6 Å². The van der Waals surface area contributed by atoms with Crippen molar-refractivity contribution in [2.75, 3.05) is 31.1 Å². The minimum Gasteiger partial charge on any atom is -0.488 e. The zero-order chi connectivity index (χ0) is 20.0. The number of nitrogens with zero attached hydrogens (tertiary/aromatic N) is 3. The van der Waals surface area contributed by atoms with E-state index in [0.29, 0.717) is 42.5 Å². The largest absolute Gasteiger partial charge is 0.488 e. The maximum atomic E-state index is 14.0. The second kappa shape index (κ2) is 6.85. The molecule has 7 nitrogen and oxygen atoms in total. The number of para-hydroxylation sites is 1. The van der Waals surface area contributed by atoms with Crippen LogP contribution in [0, 0.1) is 5.82 Å². The first-order valence-corrected chi connectivity index (χ1v) is 10.7. The number of rotatable bonds is 3. The van der Waals surface area contributed by atoms with Gasteiger partial charge in [0.05, 0.1) is 27.9 Å². The summed E-state index contributed by atoms with van der Waals surface area (Å²) in [7, 11) is -3.70. The Morgan fingerprint density at radius 2 is 1.83 bits per heavy atom. The van der Waals surface area contributed by atoms with Gasteiger partial charge in [0.25, 0.3) is 0 Å². The molecule has 0 atom stereocenters. The zero-order valence-electron chi connectivity index (χ0n) is 15.4. The van der Waals surface area contributed by atoms with Crippen molar-refractivity contribution in [2.24, 2.45) is 0 Å². The van der Waals surface area contributed by atoms with Crippen molar-refractivity contribution in [1.29, 1.82) is 0 Å². The fraction of sp³-hybridized carbons (Fsp3) is 0.250. The van der Waals surface area contributed by atoms with Crippen molar-refractivity contribution in [3.63, 3.8) is 0 Å². The van der Waals surface area contributed by atoms with E-state index in [-0.39, 0.29) is 23.8 Å². The van der Waals surface area contributed by atoms with E-state index in [1.807, 2.05) is 4.90 Å². The standard InChI is InChI=1S/C20H18FN3O4S/c21-17-3-1-2-4-18(17)23-7-9-24(10-8-23)29(25,26)15-5-6-19-16(11-15)20-14(13-27-19)12-22-28-20/h1-6,11-12H,7-10,13H2. The Labute approximate surface area is 167 Å². The Bertz CT molecular complexity index is 1170. The summed E-state index contributed by atoms with van der Waals surface area (Å²) in [4.78, 5) is 2.03. The van der Waals surface area contributed by atoms with E-state index in [0.717, 1.165) is 5.56 Å². The highest BCUT2D eigenvalue weighted by Gasteiger charge is 2.31. The molecule has 5 rings (SSSR count). The van der Waals surface area contributed by atoms with Gasteiger partial charge in [-0.15, -0.1) is 0 Å². The SMILES string of the molecule is O=S(=O)(c1ccc2c(c1)-c1oncc1CO2)N1CCN(c2ccccc2F)CC1. The topological polar surface area (TPSA) is 75.9 Å². The lowest BCUT2D eigenvalue weighted by molar-refractivity contribution is 0.297. The summed E-state index contributed by atoms with van der Waals surface area (Å²) in [5.74, 6) is 0.798. The number of hydrogen-bond acceptors (Lipinski definition) is 6. The van der Waals surface area contributed by atoms with E-state index in [4.69, 9.17) is 9.26 Å². The van der Waals surface area contributed by atoms with Crippen LogP contribution in [0.5, 0.6) is 5.75 Å². The van der Waals surface area contributed by atoms with Crippen molar-refractivity contribution >= 4 is 15.7 Å². The smallest absolute Gasteiger partial charge is 0.243 e. The van der Waals surface area contributed by atoms with E-state index in [9.17, 15) is 12.8 Å². The molecule has 0 unspecified atom stereocenters. The van der Waals surface area contributed by atoms with Crippen LogP contribution in [-0.4, -0.2) is 44.1 Å². The fourth-order valence-corrected chi connectivity index (χ4v) is 5.19. The summed E-state index contributed by atoms with van der Waals surface area (Å²) in [6, 6.07) is 11.3. The van der Waals surface area contributed by atoms with Gasteiger partial charge in [0.2, 0.25) is 10.0 Å². The van der Waals surface area contributed by atoms with Gasteiger partial charge in [-0.1, -0.05) is 17.3 Å². The minimum absolute atomic E-state index is 0.170. The maximum absolute atomic E-state index is 14.0. The molecule has 0 radical (unpaired) electrons. The van der Waals surface area contributed by atoms with Gasteiger partial charge in [-0.3, -0.25) is 0 Å². The molecule has 3 heterocycles. The molecule has 29 heavy (non-hydrogen) atoms. The minimum atomic E-state index is -3.70. The highest BCUT2D eigenvalue weighted by atomic mass is 32.2. The van der Waals surface area contributed by atoms with Crippen LogP contribution in [0.1, 0.15) is 5.56 Å². The first kappa shape index (κ1) is 18.1. The highest BCUT2D eigenvalue weighted by Crippen LogP contribution is 2.39. The van der Waals surface area contributed by atoms with Gasteiger partial charge < -0.3 is 14.2 Å². The van der Waals surface area contributed by atoms with E-state index in [1.165, 1.54) is 10.4 Å². The molecule has 0 bridgehead atoms. The van der Waals surface area contributed by atoms with Crippen LogP contribution in [0.3, 0.4) is 0 Å². The summed E-state index contributed by atoms with van der Waals surface area (Å²) in [5, 5.41) is 3.78. The number of aromatic nitrogens is 1. The highest BCUT2D eigenvalue weighted by molar-refractivity contribution is 7.89. The van der Waals surface area contributed by atoms with Gasteiger partial charge in [-0.05, 0) is 30.3 Å². The van der Waals surface area contributed by atoms with Gasteiger partial charge >= 0.3 is 0 Å². The number of anilines is 1.